The Balaban J connectivity index is 1.26. The molecule has 10 rings (SSSR count). The Bertz CT molecular complexity index is 2970. The molecule has 236 valence electrons. The number of aromatic nitrogens is 2. The molecule has 0 saturated heterocycles. The average Bonchev–Trinajstić information content (AvgIpc) is 3.53. The van der Waals surface area contributed by atoms with Crippen molar-refractivity contribution < 1.29 is 0 Å². The van der Waals surface area contributed by atoms with E-state index < -0.39 is 0 Å². The van der Waals surface area contributed by atoms with Crippen LogP contribution in [0.1, 0.15) is 5.56 Å². The van der Waals surface area contributed by atoms with Crippen molar-refractivity contribution >= 4 is 54.1 Å². The Morgan fingerprint density at radius 1 is 0.451 bits per heavy atom. The van der Waals surface area contributed by atoms with Crippen molar-refractivity contribution in [2.24, 2.45) is 0 Å². The molecular weight excluding hydrogens is 619 g/mol. The molecule has 8 aromatic carbocycles. The monoisotopic (exact) mass is 647 g/mol. The summed E-state index contributed by atoms with van der Waals surface area (Å²) >= 11 is 0. The highest BCUT2D eigenvalue weighted by Gasteiger charge is 2.20. The first-order valence-corrected chi connectivity index (χ1v) is 17.2. The minimum absolute atomic E-state index is 0.645. The number of rotatable bonds is 4. The lowest BCUT2D eigenvalue weighted by Gasteiger charge is -2.19. The third kappa shape index (κ3) is 4.55. The number of pyridine rings is 1. The van der Waals surface area contributed by atoms with Crippen LogP contribution in [0, 0.1) is 11.3 Å². The Morgan fingerprint density at radius 3 is 1.80 bits per heavy atom. The van der Waals surface area contributed by atoms with Gasteiger partial charge in [-0.15, -0.1) is 0 Å². The van der Waals surface area contributed by atoms with Crippen LogP contribution in [-0.2, 0) is 0 Å². The second kappa shape index (κ2) is 11.6. The minimum Gasteiger partial charge on any atom is -0.309 e. The van der Waals surface area contributed by atoms with Crippen LogP contribution in [0.5, 0.6) is 0 Å². The number of benzene rings is 8. The second-order valence-electron chi connectivity index (χ2n) is 13.1. The lowest BCUT2D eigenvalue weighted by molar-refractivity contribution is 1.18. The van der Waals surface area contributed by atoms with Crippen LogP contribution in [0.2, 0.25) is 0 Å². The van der Waals surface area contributed by atoms with Crippen molar-refractivity contribution in [3.8, 4) is 45.1 Å². The summed E-state index contributed by atoms with van der Waals surface area (Å²) < 4.78 is 2.31. The zero-order valence-electron chi connectivity index (χ0n) is 27.6. The van der Waals surface area contributed by atoms with Gasteiger partial charge in [0.2, 0.25) is 0 Å². The maximum absolute atomic E-state index is 9.95. The van der Waals surface area contributed by atoms with Gasteiger partial charge in [-0.25, -0.2) is 0 Å². The highest BCUT2D eigenvalue weighted by Crippen LogP contribution is 2.46. The van der Waals surface area contributed by atoms with E-state index in [-0.39, 0.29) is 0 Å². The fraction of sp³-hybridized carbons (Fsp3) is 0. The van der Waals surface area contributed by atoms with Crippen molar-refractivity contribution in [1.82, 2.24) is 9.55 Å². The molecule has 0 saturated carbocycles. The molecule has 3 heteroatoms. The third-order valence-corrected chi connectivity index (χ3v) is 10.3. The van der Waals surface area contributed by atoms with Gasteiger partial charge in [0.15, 0.2) is 0 Å². The molecule has 0 N–H and O–H groups in total. The Labute approximate surface area is 294 Å². The molecule has 0 atom stereocenters. The number of nitrogens with zero attached hydrogens (tertiary/aromatic N) is 3. The van der Waals surface area contributed by atoms with E-state index >= 15 is 0 Å². The molecule has 0 fully saturated rings. The molecule has 2 heterocycles. The van der Waals surface area contributed by atoms with Gasteiger partial charge in [0, 0.05) is 34.4 Å². The number of fused-ring (bicyclic) bond motifs is 6. The maximum atomic E-state index is 9.95. The summed E-state index contributed by atoms with van der Waals surface area (Å²) in [6.45, 7) is 0. The van der Waals surface area contributed by atoms with Gasteiger partial charge in [0.05, 0.1) is 22.7 Å². The summed E-state index contributed by atoms with van der Waals surface area (Å²) in [5, 5.41) is 19.5. The van der Waals surface area contributed by atoms with Crippen LogP contribution in [0.3, 0.4) is 0 Å². The van der Waals surface area contributed by atoms with Crippen LogP contribution in [0.25, 0.3) is 93.2 Å². The van der Waals surface area contributed by atoms with E-state index in [1.54, 1.807) is 6.20 Å². The molecule has 0 aliphatic carbocycles. The van der Waals surface area contributed by atoms with E-state index in [4.69, 9.17) is 0 Å². The van der Waals surface area contributed by atoms with Gasteiger partial charge in [0.25, 0.3) is 0 Å². The maximum Gasteiger partial charge on any atom is 0.0991 e. The van der Waals surface area contributed by atoms with Crippen molar-refractivity contribution in [3.63, 3.8) is 0 Å². The van der Waals surface area contributed by atoms with Gasteiger partial charge >= 0.3 is 0 Å². The van der Waals surface area contributed by atoms with Crippen molar-refractivity contribution in [2.75, 3.05) is 0 Å². The molecule has 0 spiro atoms. The Morgan fingerprint density at radius 2 is 1.08 bits per heavy atom. The molecular formula is C48H29N3. The van der Waals surface area contributed by atoms with Gasteiger partial charge in [-0.2, -0.15) is 5.26 Å². The standard InChI is InChI=1S/C48H29N3/c49-29-31-21-23-45-43(26-31)44-28-34(22-24-46(44)51(45)36-14-7-12-33(27-36)35-13-9-25-50-30-35)47-39-16-3-5-18-41(39)48(42-19-6-4-17-40(42)47)38-20-8-11-32-10-1-2-15-37(32)38/h1-28,30H. The average molecular weight is 648 g/mol. The van der Waals surface area contributed by atoms with Crippen LogP contribution in [0.4, 0.5) is 0 Å². The van der Waals surface area contributed by atoms with E-state index in [1.165, 1.54) is 49.0 Å². The zero-order chi connectivity index (χ0) is 33.9. The van der Waals surface area contributed by atoms with Gasteiger partial charge in [-0.3, -0.25) is 4.98 Å². The van der Waals surface area contributed by atoms with E-state index in [9.17, 15) is 5.26 Å². The third-order valence-electron chi connectivity index (χ3n) is 10.3. The minimum atomic E-state index is 0.645. The van der Waals surface area contributed by atoms with Crippen molar-refractivity contribution in [2.45, 2.75) is 0 Å². The fourth-order valence-corrected chi connectivity index (χ4v) is 8.06. The van der Waals surface area contributed by atoms with Crippen LogP contribution in [0.15, 0.2) is 176 Å². The van der Waals surface area contributed by atoms with Gasteiger partial charge in [-0.05, 0) is 109 Å². The van der Waals surface area contributed by atoms with E-state index in [2.05, 4.69) is 161 Å². The molecule has 0 radical (unpaired) electrons. The number of hydrogen-bond donors (Lipinski definition) is 0. The summed E-state index contributed by atoms with van der Waals surface area (Å²) in [6.07, 6.45) is 3.70. The number of hydrogen-bond acceptors (Lipinski definition) is 2. The van der Waals surface area contributed by atoms with Gasteiger partial charge in [-0.1, -0.05) is 115 Å². The molecule has 3 nitrogen and oxygen atoms in total. The molecule has 0 aliphatic rings. The smallest absolute Gasteiger partial charge is 0.0991 e. The predicted octanol–water partition coefficient (Wildman–Crippen LogP) is 12.5. The summed E-state index contributed by atoms with van der Waals surface area (Å²) in [6, 6.07) is 60.8. The highest BCUT2D eigenvalue weighted by atomic mass is 15.0. The Kier molecular flexibility index (Phi) is 6.56. The van der Waals surface area contributed by atoms with Crippen LogP contribution < -0.4 is 0 Å². The quantitative estimate of drug-likeness (QED) is 0.178. The summed E-state index contributed by atoms with van der Waals surface area (Å²) in [5.74, 6) is 0. The first-order valence-electron chi connectivity index (χ1n) is 17.2. The van der Waals surface area contributed by atoms with Crippen molar-refractivity contribution in [1.29, 1.82) is 5.26 Å². The summed E-state index contributed by atoms with van der Waals surface area (Å²) in [5.41, 5.74) is 10.9. The molecule has 0 aliphatic heterocycles. The van der Waals surface area contributed by atoms with E-state index in [0.717, 1.165) is 44.2 Å². The SMILES string of the molecule is N#Cc1ccc2c(c1)c1cc(-c3c4ccccc4c(-c4cccc5ccccc45)c4ccccc34)ccc1n2-c1cccc(-c2cccnc2)c1. The van der Waals surface area contributed by atoms with E-state index in [1.807, 2.05) is 24.4 Å². The number of nitriles is 1. The molecule has 0 bridgehead atoms. The van der Waals surface area contributed by atoms with Gasteiger partial charge < -0.3 is 4.57 Å². The molecule has 0 unspecified atom stereocenters. The molecule has 2 aromatic heterocycles. The highest BCUT2D eigenvalue weighted by molar-refractivity contribution is 6.24. The van der Waals surface area contributed by atoms with Crippen LogP contribution in [-0.4, -0.2) is 9.55 Å². The molecule has 10 aromatic rings. The fourth-order valence-electron chi connectivity index (χ4n) is 8.06. The molecule has 0 amide bonds. The topological polar surface area (TPSA) is 41.6 Å². The second-order valence-corrected chi connectivity index (χ2v) is 13.1. The summed E-state index contributed by atoms with van der Waals surface area (Å²) in [7, 11) is 0. The zero-order valence-corrected chi connectivity index (χ0v) is 27.6. The van der Waals surface area contributed by atoms with Gasteiger partial charge in [0.1, 0.15) is 0 Å². The normalized spacial score (nSPS) is 11.5. The van der Waals surface area contributed by atoms with Crippen molar-refractivity contribution in [3.05, 3.63) is 182 Å². The first kappa shape index (κ1) is 28.9. The first-order chi connectivity index (χ1) is 25.3. The van der Waals surface area contributed by atoms with Crippen LogP contribution >= 0.6 is 0 Å². The lowest BCUT2D eigenvalue weighted by Crippen LogP contribution is -1.95. The molecule has 51 heavy (non-hydrogen) atoms. The van der Waals surface area contributed by atoms with E-state index in [0.29, 0.717) is 5.56 Å². The predicted molar refractivity (Wildman–Crippen MR) is 212 cm³/mol. The lowest BCUT2D eigenvalue weighted by atomic mass is 9.84. The summed E-state index contributed by atoms with van der Waals surface area (Å²) in [4.78, 5) is 4.35. The largest absolute Gasteiger partial charge is 0.309 e. The Hall–Kier alpha value is -7.02.